The van der Waals surface area contributed by atoms with Gasteiger partial charge in [-0.2, -0.15) is 0 Å². The predicted octanol–water partition coefficient (Wildman–Crippen LogP) is 3.74. The van der Waals surface area contributed by atoms with E-state index >= 15 is 0 Å². The van der Waals surface area contributed by atoms with Gasteiger partial charge < -0.3 is 19.0 Å². The molecule has 1 aliphatic rings. The van der Waals surface area contributed by atoms with Crippen molar-refractivity contribution in [2.75, 3.05) is 19.7 Å². The number of carbonyl (C=O) groups is 2. The van der Waals surface area contributed by atoms with Crippen LogP contribution in [0.2, 0.25) is 0 Å². The number of thiophene rings is 1. The first kappa shape index (κ1) is 18.5. The van der Waals surface area contributed by atoms with Crippen molar-refractivity contribution < 1.29 is 18.7 Å². The normalized spacial score (nSPS) is 17.1. The maximum atomic E-state index is 13.2. The number of furan rings is 1. The Kier molecular flexibility index (Phi) is 6.33. The molecule has 1 aliphatic heterocycles. The quantitative estimate of drug-likeness (QED) is 0.770. The van der Waals surface area contributed by atoms with Crippen molar-refractivity contribution in [2.24, 2.45) is 5.92 Å². The van der Waals surface area contributed by atoms with Crippen molar-refractivity contribution in [1.82, 2.24) is 9.80 Å². The standard InChI is InChI=1S/C19H24N2O4S/c1-2-24-19(23)20-9-3-6-15(12-20)18(22)21(13-16-7-4-10-25-16)14-17-8-5-11-26-17/h4-5,7-8,10-11,15H,2-3,6,9,12-14H2,1H3. The maximum absolute atomic E-state index is 13.2. The molecule has 7 heteroatoms. The van der Waals surface area contributed by atoms with Crippen LogP contribution >= 0.6 is 11.3 Å². The molecular weight excluding hydrogens is 352 g/mol. The van der Waals surface area contributed by atoms with E-state index in [0.29, 0.717) is 32.8 Å². The highest BCUT2D eigenvalue weighted by Crippen LogP contribution is 2.23. The molecule has 1 fully saturated rings. The minimum Gasteiger partial charge on any atom is -0.467 e. The highest BCUT2D eigenvalue weighted by Gasteiger charge is 2.32. The SMILES string of the molecule is CCOC(=O)N1CCCC(C(=O)N(Cc2ccco2)Cc2cccs2)C1. The molecule has 3 heterocycles. The summed E-state index contributed by atoms with van der Waals surface area (Å²) in [7, 11) is 0. The Morgan fingerprint density at radius 1 is 1.35 bits per heavy atom. The zero-order valence-corrected chi connectivity index (χ0v) is 15.7. The second-order valence-electron chi connectivity index (χ2n) is 6.34. The van der Waals surface area contributed by atoms with E-state index in [1.165, 1.54) is 0 Å². The number of piperidine rings is 1. The molecule has 1 saturated heterocycles. The Morgan fingerprint density at radius 3 is 2.92 bits per heavy atom. The lowest BCUT2D eigenvalue weighted by Crippen LogP contribution is -2.46. The monoisotopic (exact) mass is 376 g/mol. The van der Waals surface area contributed by atoms with E-state index in [2.05, 4.69) is 0 Å². The van der Waals surface area contributed by atoms with Gasteiger partial charge in [-0.1, -0.05) is 6.07 Å². The van der Waals surface area contributed by atoms with Gasteiger partial charge in [0, 0.05) is 18.0 Å². The highest BCUT2D eigenvalue weighted by molar-refractivity contribution is 7.09. The Balaban J connectivity index is 1.70. The van der Waals surface area contributed by atoms with E-state index in [-0.39, 0.29) is 17.9 Å². The van der Waals surface area contributed by atoms with Crippen molar-refractivity contribution in [3.8, 4) is 0 Å². The van der Waals surface area contributed by atoms with Gasteiger partial charge in [0.15, 0.2) is 0 Å². The van der Waals surface area contributed by atoms with Crippen LogP contribution in [0.5, 0.6) is 0 Å². The van der Waals surface area contributed by atoms with E-state index in [1.54, 1.807) is 29.4 Å². The van der Waals surface area contributed by atoms with Crippen LogP contribution in [0.1, 0.15) is 30.4 Å². The van der Waals surface area contributed by atoms with E-state index < -0.39 is 0 Å². The molecule has 0 saturated carbocycles. The molecule has 0 N–H and O–H groups in total. The molecule has 0 bridgehead atoms. The third-order valence-electron chi connectivity index (χ3n) is 4.46. The summed E-state index contributed by atoms with van der Waals surface area (Å²) in [5, 5.41) is 2.01. The lowest BCUT2D eigenvalue weighted by atomic mass is 9.96. The van der Waals surface area contributed by atoms with E-state index in [4.69, 9.17) is 9.15 Å². The number of amides is 2. The molecule has 26 heavy (non-hydrogen) atoms. The first-order valence-electron chi connectivity index (χ1n) is 8.92. The fourth-order valence-corrected chi connectivity index (χ4v) is 3.93. The Bertz CT molecular complexity index is 663. The first-order chi connectivity index (χ1) is 12.7. The number of hydrogen-bond acceptors (Lipinski definition) is 5. The van der Waals surface area contributed by atoms with E-state index in [1.807, 2.05) is 34.5 Å². The summed E-state index contributed by atoms with van der Waals surface area (Å²) in [6.45, 7) is 4.17. The first-order valence-corrected chi connectivity index (χ1v) is 9.80. The van der Waals surface area contributed by atoms with Crippen LogP contribution in [0.25, 0.3) is 0 Å². The van der Waals surface area contributed by atoms with Crippen molar-refractivity contribution in [3.05, 3.63) is 46.5 Å². The summed E-state index contributed by atoms with van der Waals surface area (Å²) in [6.07, 6.45) is 2.88. The number of hydrogen-bond donors (Lipinski definition) is 0. The molecule has 2 amide bonds. The van der Waals surface area contributed by atoms with Crippen LogP contribution in [0.3, 0.4) is 0 Å². The molecule has 2 aromatic heterocycles. The van der Waals surface area contributed by atoms with Crippen LogP contribution in [0.4, 0.5) is 4.79 Å². The third kappa shape index (κ3) is 4.66. The molecule has 0 radical (unpaired) electrons. The Morgan fingerprint density at radius 2 is 2.23 bits per heavy atom. The molecule has 3 rings (SSSR count). The zero-order valence-electron chi connectivity index (χ0n) is 14.9. The van der Waals surface area contributed by atoms with Crippen LogP contribution in [0.15, 0.2) is 40.3 Å². The molecule has 6 nitrogen and oxygen atoms in total. The van der Waals surface area contributed by atoms with Crippen molar-refractivity contribution >= 4 is 23.3 Å². The van der Waals surface area contributed by atoms with Crippen LogP contribution < -0.4 is 0 Å². The van der Waals surface area contributed by atoms with Crippen molar-refractivity contribution in [2.45, 2.75) is 32.9 Å². The van der Waals surface area contributed by atoms with Crippen molar-refractivity contribution in [3.63, 3.8) is 0 Å². The molecule has 2 aromatic rings. The predicted molar refractivity (Wildman–Crippen MR) is 98.6 cm³/mol. The largest absolute Gasteiger partial charge is 0.467 e. The second kappa shape index (κ2) is 8.89. The summed E-state index contributed by atoms with van der Waals surface area (Å²) in [4.78, 5) is 29.8. The van der Waals surface area contributed by atoms with Gasteiger partial charge in [0.1, 0.15) is 5.76 Å². The fraction of sp³-hybridized carbons (Fsp3) is 0.474. The average molecular weight is 376 g/mol. The number of nitrogens with zero attached hydrogens (tertiary/aromatic N) is 2. The number of likely N-dealkylation sites (tertiary alicyclic amines) is 1. The summed E-state index contributed by atoms with van der Waals surface area (Å²) >= 11 is 1.63. The summed E-state index contributed by atoms with van der Waals surface area (Å²) < 4.78 is 10.5. The molecule has 0 spiro atoms. The Hall–Kier alpha value is -2.28. The maximum Gasteiger partial charge on any atom is 0.409 e. The fourth-order valence-electron chi connectivity index (χ4n) is 3.21. The summed E-state index contributed by atoms with van der Waals surface area (Å²) in [5.74, 6) is 0.611. The average Bonchev–Trinajstić information content (AvgIpc) is 3.35. The molecule has 140 valence electrons. The van der Waals surface area contributed by atoms with Crippen LogP contribution in [-0.2, 0) is 22.6 Å². The molecule has 0 aliphatic carbocycles. The molecule has 1 atom stereocenters. The third-order valence-corrected chi connectivity index (χ3v) is 5.32. The zero-order chi connectivity index (χ0) is 18.4. The lowest BCUT2D eigenvalue weighted by molar-refractivity contribution is -0.138. The summed E-state index contributed by atoms with van der Waals surface area (Å²) in [5.41, 5.74) is 0. The minimum absolute atomic E-state index is 0.0591. The van der Waals surface area contributed by atoms with Gasteiger partial charge in [0.25, 0.3) is 0 Å². The molecule has 1 unspecified atom stereocenters. The topological polar surface area (TPSA) is 63.0 Å². The van der Waals surface area contributed by atoms with Gasteiger partial charge in [-0.3, -0.25) is 4.79 Å². The van der Waals surface area contributed by atoms with E-state index in [9.17, 15) is 9.59 Å². The molecular formula is C19H24N2O4S. The van der Waals surface area contributed by atoms with Gasteiger partial charge in [-0.15, -0.1) is 11.3 Å². The van der Waals surface area contributed by atoms with Gasteiger partial charge in [0.2, 0.25) is 5.91 Å². The minimum atomic E-state index is -0.333. The summed E-state index contributed by atoms with van der Waals surface area (Å²) in [6, 6.07) is 7.71. The number of ether oxygens (including phenoxy) is 1. The molecule has 0 aromatic carbocycles. The van der Waals surface area contributed by atoms with Gasteiger partial charge in [-0.05, 0) is 43.3 Å². The van der Waals surface area contributed by atoms with E-state index in [0.717, 1.165) is 23.5 Å². The van der Waals surface area contributed by atoms with Crippen LogP contribution in [-0.4, -0.2) is 41.5 Å². The lowest BCUT2D eigenvalue weighted by Gasteiger charge is -2.34. The Labute approximate surface area is 157 Å². The van der Waals surface area contributed by atoms with Gasteiger partial charge >= 0.3 is 6.09 Å². The smallest absolute Gasteiger partial charge is 0.409 e. The van der Waals surface area contributed by atoms with Gasteiger partial charge in [-0.25, -0.2) is 4.79 Å². The van der Waals surface area contributed by atoms with Crippen molar-refractivity contribution in [1.29, 1.82) is 0 Å². The highest BCUT2D eigenvalue weighted by atomic mass is 32.1. The van der Waals surface area contributed by atoms with Crippen LogP contribution in [0, 0.1) is 5.92 Å². The van der Waals surface area contributed by atoms with Gasteiger partial charge in [0.05, 0.1) is 31.9 Å². The number of rotatable bonds is 6. The second-order valence-corrected chi connectivity index (χ2v) is 7.37. The number of carbonyl (C=O) groups excluding carboxylic acids is 2.